The lowest BCUT2D eigenvalue weighted by atomic mass is 10.3. The summed E-state index contributed by atoms with van der Waals surface area (Å²) in [5, 5.41) is 12.8. The van der Waals surface area contributed by atoms with E-state index in [9.17, 15) is 4.79 Å². The molecule has 0 saturated carbocycles. The molecular formula is C11H18N2O2S. The number of carbonyl (C=O) groups is 1. The van der Waals surface area contributed by atoms with Crippen LogP contribution in [-0.4, -0.2) is 28.6 Å². The van der Waals surface area contributed by atoms with Crippen molar-refractivity contribution in [1.82, 2.24) is 10.3 Å². The summed E-state index contributed by atoms with van der Waals surface area (Å²) < 4.78 is 0. The third-order valence-electron chi connectivity index (χ3n) is 2.09. The minimum Gasteiger partial charge on any atom is -0.393 e. The number of hydrogen-bond acceptors (Lipinski definition) is 4. The summed E-state index contributed by atoms with van der Waals surface area (Å²) in [7, 11) is 0. The molecule has 0 fully saturated rings. The Morgan fingerprint density at radius 2 is 2.44 bits per heavy atom. The maximum atomic E-state index is 11.6. The van der Waals surface area contributed by atoms with Crippen LogP contribution in [-0.2, 0) is 6.42 Å². The smallest absolute Gasteiger partial charge is 0.263 e. The van der Waals surface area contributed by atoms with Gasteiger partial charge in [-0.3, -0.25) is 4.79 Å². The Kier molecular flexibility index (Phi) is 5.42. The van der Waals surface area contributed by atoms with Gasteiger partial charge in [-0.2, -0.15) is 0 Å². The van der Waals surface area contributed by atoms with Crippen LogP contribution < -0.4 is 5.32 Å². The highest BCUT2D eigenvalue weighted by Crippen LogP contribution is 2.14. The van der Waals surface area contributed by atoms with Crippen LogP contribution in [0.4, 0.5) is 0 Å². The lowest BCUT2D eigenvalue weighted by Gasteiger charge is -2.04. The quantitative estimate of drug-likeness (QED) is 0.796. The fraction of sp³-hybridized carbons (Fsp3) is 0.636. The molecular weight excluding hydrogens is 224 g/mol. The molecule has 0 aliphatic rings. The van der Waals surface area contributed by atoms with Crippen molar-refractivity contribution in [3.05, 3.63) is 16.1 Å². The first-order valence-electron chi connectivity index (χ1n) is 5.54. The Morgan fingerprint density at radius 3 is 3.06 bits per heavy atom. The standard InChI is InChI=1S/C11H18N2O2S/c1-3-4-10-13-7-9(16-10)11(15)12-6-5-8(2)14/h7-8,14H,3-6H2,1-2H3,(H,12,15). The van der Waals surface area contributed by atoms with Crippen molar-refractivity contribution in [3.8, 4) is 0 Å². The number of aryl methyl sites for hydroxylation is 1. The number of aromatic nitrogens is 1. The summed E-state index contributed by atoms with van der Waals surface area (Å²) in [5.74, 6) is -0.0968. The van der Waals surface area contributed by atoms with Gasteiger partial charge in [-0.1, -0.05) is 6.92 Å². The lowest BCUT2D eigenvalue weighted by Crippen LogP contribution is -2.25. The molecule has 0 aliphatic carbocycles. The van der Waals surface area contributed by atoms with E-state index in [-0.39, 0.29) is 12.0 Å². The summed E-state index contributed by atoms with van der Waals surface area (Å²) in [6, 6.07) is 0. The lowest BCUT2D eigenvalue weighted by molar-refractivity contribution is 0.0949. The summed E-state index contributed by atoms with van der Waals surface area (Å²) >= 11 is 1.44. The molecule has 0 aromatic carbocycles. The van der Waals surface area contributed by atoms with Crippen LogP contribution in [0, 0.1) is 0 Å². The van der Waals surface area contributed by atoms with Crippen LogP contribution in [0.1, 0.15) is 41.4 Å². The fourth-order valence-electron chi connectivity index (χ4n) is 1.23. The summed E-state index contributed by atoms with van der Waals surface area (Å²) in [6.07, 6.45) is 3.78. The van der Waals surface area contributed by atoms with E-state index in [0.29, 0.717) is 17.8 Å². The molecule has 0 aliphatic heterocycles. The van der Waals surface area contributed by atoms with Gasteiger partial charge in [0.2, 0.25) is 0 Å². The SMILES string of the molecule is CCCc1ncc(C(=O)NCCC(C)O)s1. The average Bonchev–Trinajstić information content (AvgIpc) is 2.66. The van der Waals surface area contributed by atoms with Crippen LogP contribution in [0.5, 0.6) is 0 Å². The van der Waals surface area contributed by atoms with Crippen LogP contribution in [0.2, 0.25) is 0 Å². The Hall–Kier alpha value is -0.940. The Balaban J connectivity index is 2.40. The van der Waals surface area contributed by atoms with E-state index >= 15 is 0 Å². The topological polar surface area (TPSA) is 62.2 Å². The van der Waals surface area contributed by atoms with Gasteiger partial charge in [-0.05, 0) is 26.2 Å². The normalized spacial score (nSPS) is 12.4. The third kappa shape index (κ3) is 4.28. The van der Waals surface area contributed by atoms with E-state index in [1.807, 2.05) is 0 Å². The predicted octanol–water partition coefficient (Wildman–Crippen LogP) is 1.60. The fourth-order valence-corrected chi connectivity index (χ4v) is 2.16. The summed E-state index contributed by atoms with van der Waals surface area (Å²) in [5.41, 5.74) is 0. The van der Waals surface area contributed by atoms with Crippen molar-refractivity contribution in [2.24, 2.45) is 0 Å². The molecule has 16 heavy (non-hydrogen) atoms. The first kappa shape index (κ1) is 13.1. The highest BCUT2D eigenvalue weighted by Gasteiger charge is 2.09. The van der Waals surface area contributed by atoms with Gasteiger partial charge in [0.1, 0.15) is 4.88 Å². The zero-order chi connectivity index (χ0) is 12.0. The van der Waals surface area contributed by atoms with Crippen LogP contribution >= 0.6 is 11.3 Å². The van der Waals surface area contributed by atoms with Gasteiger partial charge in [0, 0.05) is 6.54 Å². The number of aliphatic hydroxyl groups excluding tert-OH is 1. The second-order valence-corrected chi connectivity index (χ2v) is 4.88. The van der Waals surface area contributed by atoms with Crippen molar-refractivity contribution < 1.29 is 9.90 Å². The minimum atomic E-state index is -0.377. The Labute approximate surface area is 99.7 Å². The van der Waals surface area contributed by atoms with Crippen molar-refractivity contribution in [3.63, 3.8) is 0 Å². The van der Waals surface area contributed by atoms with Gasteiger partial charge in [0.25, 0.3) is 5.91 Å². The molecule has 90 valence electrons. The molecule has 1 unspecified atom stereocenters. The van der Waals surface area contributed by atoms with Crippen molar-refractivity contribution in [2.45, 2.75) is 39.2 Å². The molecule has 0 radical (unpaired) electrons. The number of nitrogens with one attached hydrogen (secondary N) is 1. The van der Waals surface area contributed by atoms with Gasteiger partial charge < -0.3 is 10.4 Å². The summed E-state index contributed by atoms with van der Waals surface area (Å²) in [4.78, 5) is 16.4. The highest BCUT2D eigenvalue weighted by molar-refractivity contribution is 7.13. The zero-order valence-electron chi connectivity index (χ0n) is 9.69. The second kappa shape index (κ2) is 6.60. The molecule has 1 aromatic rings. The molecule has 1 aromatic heterocycles. The van der Waals surface area contributed by atoms with Crippen molar-refractivity contribution in [2.75, 3.05) is 6.54 Å². The Bertz CT molecular complexity index is 336. The largest absolute Gasteiger partial charge is 0.393 e. The highest BCUT2D eigenvalue weighted by atomic mass is 32.1. The molecule has 1 amide bonds. The minimum absolute atomic E-state index is 0.0968. The predicted molar refractivity (Wildman–Crippen MR) is 64.7 cm³/mol. The summed E-state index contributed by atoms with van der Waals surface area (Å²) in [6.45, 7) is 4.29. The van der Waals surface area contributed by atoms with Gasteiger partial charge in [0.15, 0.2) is 0 Å². The van der Waals surface area contributed by atoms with Gasteiger partial charge in [-0.25, -0.2) is 4.98 Å². The van der Waals surface area contributed by atoms with Crippen molar-refractivity contribution >= 4 is 17.2 Å². The maximum absolute atomic E-state index is 11.6. The molecule has 1 atom stereocenters. The van der Waals surface area contributed by atoms with Gasteiger partial charge in [-0.15, -0.1) is 11.3 Å². The number of rotatable bonds is 6. The molecule has 0 spiro atoms. The Morgan fingerprint density at radius 1 is 1.69 bits per heavy atom. The molecule has 0 bridgehead atoms. The van der Waals surface area contributed by atoms with Crippen LogP contribution in [0.25, 0.3) is 0 Å². The molecule has 5 heteroatoms. The van der Waals surface area contributed by atoms with Crippen LogP contribution in [0.15, 0.2) is 6.20 Å². The maximum Gasteiger partial charge on any atom is 0.263 e. The van der Waals surface area contributed by atoms with Crippen LogP contribution in [0.3, 0.4) is 0 Å². The zero-order valence-corrected chi connectivity index (χ0v) is 10.5. The number of thiazole rings is 1. The number of aliphatic hydroxyl groups is 1. The third-order valence-corrected chi connectivity index (χ3v) is 3.14. The van der Waals surface area contributed by atoms with Gasteiger partial charge >= 0.3 is 0 Å². The number of amides is 1. The molecule has 1 rings (SSSR count). The molecule has 1 heterocycles. The van der Waals surface area contributed by atoms with E-state index in [4.69, 9.17) is 5.11 Å². The van der Waals surface area contributed by atoms with E-state index in [2.05, 4.69) is 17.2 Å². The number of nitrogens with zero attached hydrogens (tertiary/aromatic N) is 1. The molecule has 4 nitrogen and oxygen atoms in total. The number of hydrogen-bond donors (Lipinski definition) is 2. The van der Waals surface area contributed by atoms with Crippen molar-refractivity contribution in [1.29, 1.82) is 0 Å². The van der Waals surface area contributed by atoms with E-state index in [1.165, 1.54) is 11.3 Å². The molecule has 0 saturated heterocycles. The average molecular weight is 242 g/mol. The number of carbonyl (C=O) groups excluding carboxylic acids is 1. The van der Waals surface area contributed by atoms with E-state index < -0.39 is 0 Å². The monoisotopic (exact) mass is 242 g/mol. The first-order valence-corrected chi connectivity index (χ1v) is 6.36. The first-order chi connectivity index (χ1) is 7.63. The van der Waals surface area contributed by atoms with E-state index in [1.54, 1.807) is 13.1 Å². The van der Waals surface area contributed by atoms with E-state index in [0.717, 1.165) is 17.8 Å². The molecule has 2 N–H and O–H groups in total. The second-order valence-electron chi connectivity index (χ2n) is 3.76. The van der Waals surface area contributed by atoms with Gasteiger partial charge in [0.05, 0.1) is 17.3 Å².